The van der Waals surface area contributed by atoms with Gasteiger partial charge in [-0.15, -0.1) is 11.3 Å². The summed E-state index contributed by atoms with van der Waals surface area (Å²) in [4.78, 5) is 1.43. The van der Waals surface area contributed by atoms with Crippen LogP contribution in [0.4, 0.5) is 4.39 Å². The summed E-state index contributed by atoms with van der Waals surface area (Å²) in [6, 6.07) is 12.4. The third kappa shape index (κ3) is 2.94. The number of halogens is 1. The maximum absolute atomic E-state index is 12.9. The second-order valence-corrected chi connectivity index (χ2v) is 6.54. The molecule has 106 valence electrons. The van der Waals surface area contributed by atoms with Crippen LogP contribution in [-0.4, -0.2) is 6.04 Å². The molecular weight excluding hydrogens is 269 g/mol. The van der Waals surface area contributed by atoms with Crippen LogP contribution in [0.3, 0.4) is 0 Å². The second-order valence-electron chi connectivity index (χ2n) is 5.56. The van der Waals surface area contributed by atoms with Gasteiger partial charge in [0.2, 0.25) is 0 Å². The van der Waals surface area contributed by atoms with Gasteiger partial charge >= 0.3 is 0 Å². The van der Waals surface area contributed by atoms with Crippen LogP contribution in [0.5, 0.6) is 0 Å². The molecule has 0 amide bonds. The van der Waals surface area contributed by atoms with Crippen molar-refractivity contribution >= 4 is 11.3 Å². The largest absolute Gasteiger partial charge is 0.306 e. The first-order valence-corrected chi connectivity index (χ1v) is 8.19. The average Bonchev–Trinajstić information content (AvgIpc) is 2.93. The fourth-order valence-electron chi connectivity index (χ4n) is 2.94. The van der Waals surface area contributed by atoms with Gasteiger partial charge in [-0.05, 0) is 54.3 Å². The molecule has 1 N–H and O–H groups in total. The summed E-state index contributed by atoms with van der Waals surface area (Å²) < 4.78 is 12.9. The lowest BCUT2D eigenvalue weighted by Gasteiger charge is -2.38. The summed E-state index contributed by atoms with van der Waals surface area (Å²) in [5.41, 5.74) is 1.27. The molecule has 3 heteroatoms. The highest BCUT2D eigenvalue weighted by atomic mass is 32.1. The summed E-state index contributed by atoms with van der Waals surface area (Å²) in [5.74, 6) is 0.445. The van der Waals surface area contributed by atoms with Crippen molar-refractivity contribution in [2.75, 3.05) is 0 Å². The molecule has 0 radical (unpaired) electrons. The van der Waals surface area contributed by atoms with Gasteiger partial charge in [-0.2, -0.15) is 0 Å². The van der Waals surface area contributed by atoms with E-state index in [0.717, 1.165) is 19.3 Å². The molecule has 3 rings (SSSR count). The third-order valence-electron chi connectivity index (χ3n) is 4.21. The van der Waals surface area contributed by atoms with Crippen LogP contribution in [0, 0.1) is 5.82 Å². The first kappa shape index (κ1) is 13.8. The number of nitrogens with one attached hydrogen (secondary N) is 1. The summed E-state index contributed by atoms with van der Waals surface area (Å²) in [6.07, 6.45) is 3.44. The SMILES string of the molecule is CCC(NC1CC(c2ccc(F)cc2)C1)c1cccs1. The summed E-state index contributed by atoms with van der Waals surface area (Å²) in [7, 11) is 0. The van der Waals surface area contributed by atoms with E-state index in [9.17, 15) is 4.39 Å². The van der Waals surface area contributed by atoms with Gasteiger partial charge in [0.1, 0.15) is 5.82 Å². The number of hydrogen-bond donors (Lipinski definition) is 1. The summed E-state index contributed by atoms with van der Waals surface area (Å²) >= 11 is 1.83. The van der Waals surface area contributed by atoms with E-state index in [1.807, 2.05) is 23.5 Å². The molecule has 0 aliphatic heterocycles. The highest BCUT2D eigenvalue weighted by molar-refractivity contribution is 7.10. The molecule has 1 aliphatic rings. The van der Waals surface area contributed by atoms with Crippen LogP contribution < -0.4 is 5.32 Å². The molecule has 20 heavy (non-hydrogen) atoms. The fraction of sp³-hybridized carbons (Fsp3) is 0.412. The van der Waals surface area contributed by atoms with Crippen molar-refractivity contribution in [3.8, 4) is 0 Å². The van der Waals surface area contributed by atoms with E-state index in [-0.39, 0.29) is 5.82 Å². The van der Waals surface area contributed by atoms with Crippen LogP contribution in [0.25, 0.3) is 0 Å². The molecule has 0 saturated heterocycles. The van der Waals surface area contributed by atoms with Crippen molar-refractivity contribution in [3.63, 3.8) is 0 Å². The van der Waals surface area contributed by atoms with Gasteiger partial charge in [-0.3, -0.25) is 0 Å². The van der Waals surface area contributed by atoms with Crippen LogP contribution in [0.2, 0.25) is 0 Å². The molecule has 1 fully saturated rings. The van der Waals surface area contributed by atoms with Crippen LogP contribution in [-0.2, 0) is 0 Å². The molecule has 1 atom stereocenters. The van der Waals surface area contributed by atoms with Gasteiger partial charge in [0.15, 0.2) is 0 Å². The first-order valence-electron chi connectivity index (χ1n) is 7.31. The number of rotatable bonds is 5. The Morgan fingerprint density at radius 2 is 2.00 bits per heavy atom. The first-order chi connectivity index (χ1) is 9.76. The Bertz CT molecular complexity index is 529. The smallest absolute Gasteiger partial charge is 0.123 e. The zero-order valence-corrected chi connectivity index (χ0v) is 12.5. The van der Waals surface area contributed by atoms with E-state index in [2.05, 4.69) is 29.8 Å². The normalized spacial score (nSPS) is 23.3. The Labute approximate surface area is 123 Å². The molecule has 1 nitrogen and oxygen atoms in total. The van der Waals surface area contributed by atoms with Crippen molar-refractivity contribution in [1.82, 2.24) is 5.32 Å². The number of benzene rings is 1. The molecule has 1 unspecified atom stereocenters. The quantitative estimate of drug-likeness (QED) is 0.827. The Balaban J connectivity index is 1.54. The van der Waals surface area contributed by atoms with Crippen LogP contribution >= 0.6 is 11.3 Å². The maximum Gasteiger partial charge on any atom is 0.123 e. The van der Waals surface area contributed by atoms with Gasteiger partial charge in [0.25, 0.3) is 0 Å². The minimum absolute atomic E-state index is 0.147. The predicted molar refractivity (Wildman–Crippen MR) is 82.6 cm³/mol. The Hall–Kier alpha value is -1.19. The van der Waals surface area contributed by atoms with E-state index in [1.54, 1.807) is 12.1 Å². The number of thiophene rings is 1. The van der Waals surface area contributed by atoms with Gasteiger partial charge in [-0.1, -0.05) is 25.1 Å². The van der Waals surface area contributed by atoms with Gasteiger partial charge in [0, 0.05) is 17.0 Å². The number of hydrogen-bond acceptors (Lipinski definition) is 2. The monoisotopic (exact) mass is 289 g/mol. The lowest BCUT2D eigenvalue weighted by molar-refractivity contribution is 0.264. The minimum atomic E-state index is -0.147. The average molecular weight is 289 g/mol. The van der Waals surface area contributed by atoms with Crippen molar-refractivity contribution in [2.45, 2.75) is 44.2 Å². The molecule has 1 aromatic carbocycles. The zero-order chi connectivity index (χ0) is 13.9. The van der Waals surface area contributed by atoms with Crippen molar-refractivity contribution in [3.05, 3.63) is 58.0 Å². The molecule has 0 bridgehead atoms. The Kier molecular flexibility index (Phi) is 4.18. The van der Waals surface area contributed by atoms with E-state index in [1.165, 1.54) is 10.4 Å². The molecule has 1 aromatic heterocycles. The molecule has 1 aliphatic carbocycles. The van der Waals surface area contributed by atoms with Crippen molar-refractivity contribution < 1.29 is 4.39 Å². The molecule has 1 heterocycles. The van der Waals surface area contributed by atoms with E-state index >= 15 is 0 Å². The van der Waals surface area contributed by atoms with E-state index in [4.69, 9.17) is 0 Å². The van der Waals surface area contributed by atoms with Crippen LogP contribution in [0.1, 0.15) is 48.6 Å². The standard InChI is InChI=1S/C17H20FNS/c1-2-16(17-4-3-9-20-17)19-15-10-13(11-15)12-5-7-14(18)8-6-12/h3-9,13,15-16,19H,2,10-11H2,1H3. The minimum Gasteiger partial charge on any atom is -0.306 e. The molecule has 1 saturated carbocycles. The van der Waals surface area contributed by atoms with Gasteiger partial charge in [-0.25, -0.2) is 4.39 Å². The summed E-state index contributed by atoms with van der Waals surface area (Å²) in [5, 5.41) is 5.89. The summed E-state index contributed by atoms with van der Waals surface area (Å²) in [6.45, 7) is 2.23. The molecular formula is C17H20FNS. The highest BCUT2D eigenvalue weighted by Gasteiger charge is 2.31. The van der Waals surface area contributed by atoms with Crippen LogP contribution in [0.15, 0.2) is 41.8 Å². The Morgan fingerprint density at radius 3 is 2.60 bits per heavy atom. The van der Waals surface area contributed by atoms with Crippen molar-refractivity contribution in [2.24, 2.45) is 0 Å². The predicted octanol–water partition coefficient (Wildman–Crippen LogP) is 4.87. The van der Waals surface area contributed by atoms with Gasteiger partial charge in [0.05, 0.1) is 0 Å². The second kappa shape index (κ2) is 6.06. The van der Waals surface area contributed by atoms with E-state index in [0.29, 0.717) is 18.0 Å². The van der Waals surface area contributed by atoms with Crippen molar-refractivity contribution in [1.29, 1.82) is 0 Å². The maximum atomic E-state index is 12.9. The third-order valence-corrected chi connectivity index (χ3v) is 5.20. The van der Waals surface area contributed by atoms with E-state index < -0.39 is 0 Å². The Morgan fingerprint density at radius 1 is 1.25 bits per heavy atom. The fourth-order valence-corrected chi connectivity index (χ4v) is 3.81. The molecule has 2 aromatic rings. The highest BCUT2D eigenvalue weighted by Crippen LogP contribution is 2.38. The lowest BCUT2D eigenvalue weighted by Crippen LogP contribution is -2.41. The topological polar surface area (TPSA) is 12.0 Å². The lowest BCUT2D eigenvalue weighted by atomic mass is 9.75. The molecule has 0 spiro atoms. The van der Waals surface area contributed by atoms with Gasteiger partial charge < -0.3 is 5.32 Å². The zero-order valence-electron chi connectivity index (χ0n) is 11.7.